The van der Waals surface area contributed by atoms with Crippen LogP contribution in [0.3, 0.4) is 0 Å². The molecule has 9 nitrogen and oxygen atoms in total. The average Bonchev–Trinajstić information content (AvgIpc) is 3.31. The van der Waals surface area contributed by atoms with E-state index in [9.17, 15) is 19.0 Å². The zero-order chi connectivity index (χ0) is 50.6. The van der Waals surface area contributed by atoms with E-state index in [1.807, 2.05) is 21.1 Å². The van der Waals surface area contributed by atoms with E-state index in [-0.39, 0.29) is 32.0 Å². The molecule has 0 aromatic heterocycles. The Kier molecular flexibility index (Phi) is 50.3. The second kappa shape index (κ2) is 51.4. The van der Waals surface area contributed by atoms with E-state index >= 15 is 0 Å². The molecule has 0 fully saturated rings. The largest absolute Gasteiger partial charge is 0.756 e. The predicted octanol–water partition coefficient (Wildman–Crippen LogP) is 17.6. The van der Waals surface area contributed by atoms with Gasteiger partial charge in [0, 0.05) is 12.8 Å². The zero-order valence-corrected chi connectivity index (χ0v) is 47.2. The standard InChI is InChI=1S/C59H114NO8P/c1-6-8-10-12-14-16-18-20-22-24-26-27-28-29-30-31-32-34-35-37-39-41-43-45-47-49-51-58(61)65-55-57(56-67-69(63,64)66-54-53-60(3,4)5)68-59(62)52-50-48-46-44-42-40-38-36-33-25-23-21-19-17-15-13-11-9-7-2/h15,17,21,23,57H,6-14,16,18-20,22,24-56H2,1-5H3/b17-15-,23-21-. The molecular formula is C59H114NO8P. The number of hydrogen-bond acceptors (Lipinski definition) is 8. The van der Waals surface area contributed by atoms with E-state index < -0.39 is 26.5 Å². The Morgan fingerprint density at radius 2 is 0.783 bits per heavy atom. The van der Waals surface area contributed by atoms with Gasteiger partial charge in [0.1, 0.15) is 19.8 Å². The minimum Gasteiger partial charge on any atom is -0.756 e. The van der Waals surface area contributed by atoms with Crippen molar-refractivity contribution in [2.75, 3.05) is 47.5 Å². The molecule has 0 spiro atoms. The average molecular weight is 997 g/mol. The first-order chi connectivity index (χ1) is 33.5. The van der Waals surface area contributed by atoms with Crippen LogP contribution in [-0.4, -0.2) is 70.0 Å². The van der Waals surface area contributed by atoms with Gasteiger partial charge in [-0.1, -0.05) is 256 Å². The smallest absolute Gasteiger partial charge is 0.306 e. The summed E-state index contributed by atoms with van der Waals surface area (Å²) >= 11 is 0. The van der Waals surface area contributed by atoms with Gasteiger partial charge < -0.3 is 27.9 Å². The SMILES string of the molecule is CCCCC/C=C\C/C=C\CCCCCCCCCCCC(=O)OC(COC(=O)CCCCCCCCCCCCCCCCCCCCCCCCCCCC)COP(=O)([O-])OCC[N+](C)(C)C. The van der Waals surface area contributed by atoms with Crippen molar-refractivity contribution in [3.63, 3.8) is 0 Å². The highest BCUT2D eigenvalue weighted by Gasteiger charge is 2.22. The number of likely N-dealkylation sites (N-methyl/N-ethyl adjacent to an activating group) is 1. The Hall–Kier alpha value is -1.51. The maximum absolute atomic E-state index is 12.8. The highest BCUT2D eigenvalue weighted by Crippen LogP contribution is 2.38. The molecule has 408 valence electrons. The summed E-state index contributed by atoms with van der Waals surface area (Å²) in [4.78, 5) is 37.9. The van der Waals surface area contributed by atoms with Crippen LogP contribution in [0.2, 0.25) is 0 Å². The van der Waals surface area contributed by atoms with Crippen molar-refractivity contribution in [2.24, 2.45) is 0 Å². The number of carbonyl (C=O) groups excluding carboxylic acids is 2. The molecule has 0 saturated carbocycles. The minimum atomic E-state index is -4.63. The molecular weight excluding hydrogens is 882 g/mol. The second-order valence-electron chi connectivity index (χ2n) is 21.4. The summed E-state index contributed by atoms with van der Waals surface area (Å²) in [5.41, 5.74) is 0. The molecule has 0 aliphatic heterocycles. The fourth-order valence-electron chi connectivity index (χ4n) is 8.63. The van der Waals surface area contributed by atoms with E-state index in [0.717, 1.165) is 51.4 Å². The van der Waals surface area contributed by atoms with Gasteiger partial charge in [0.2, 0.25) is 0 Å². The van der Waals surface area contributed by atoms with Crippen LogP contribution in [0.1, 0.15) is 290 Å². The molecule has 0 aromatic rings. The third-order valence-electron chi connectivity index (χ3n) is 13.2. The molecule has 0 N–H and O–H groups in total. The number of phosphoric ester groups is 1. The molecule has 2 atom stereocenters. The summed E-state index contributed by atoms with van der Waals surface area (Å²) in [6, 6.07) is 0. The summed E-state index contributed by atoms with van der Waals surface area (Å²) in [6.45, 7) is 4.26. The zero-order valence-electron chi connectivity index (χ0n) is 46.3. The Balaban J connectivity index is 4.09. The van der Waals surface area contributed by atoms with Crippen molar-refractivity contribution in [1.29, 1.82) is 0 Å². The van der Waals surface area contributed by atoms with Crippen molar-refractivity contribution < 1.29 is 42.1 Å². The maximum Gasteiger partial charge on any atom is 0.306 e. The number of nitrogens with zero attached hydrogens (tertiary/aromatic N) is 1. The highest BCUT2D eigenvalue weighted by molar-refractivity contribution is 7.45. The Labute approximate surface area is 428 Å². The molecule has 0 amide bonds. The topological polar surface area (TPSA) is 111 Å². The Bertz CT molecular complexity index is 1220. The molecule has 0 aliphatic carbocycles. The third kappa shape index (κ3) is 55.7. The van der Waals surface area contributed by atoms with Crippen LogP contribution in [-0.2, 0) is 32.7 Å². The van der Waals surface area contributed by atoms with Crippen molar-refractivity contribution in [1.82, 2.24) is 0 Å². The summed E-state index contributed by atoms with van der Waals surface area (Å²) < 4.78 is 34.2. The molecule has 0 saturated heterocycles. The monoisotopic (exact) mass is 996 g/mol. The quantitative estimate of drug-likeness (QED) is 0.0195. The van der Waals surface area contributed by atoms with Gasteiger partial charge in [0.05, 0.1) is 27.7 Å². The van der Waals surface area contributed by atoms with Crippen LogP contribution >= 0.6 is 7.82 Å². The molecule has 0 bridgehead atoms. The van der Waals surface area contributed by atoms with Crippen molar-refractivity contribution in [3.05, 3.63) is 24.3 Å². The van der Waals surface area contributed by atoms with Gasteiger partial charge in [-0.15, -0.1) is 0 Å². The number of carbonyl (C=O) groups is 2. The number of quaternary nitrogens is 1. The first-order valence-electron chi connectivity index (χ1n) is 29.5. The van der Waals surface area contributed by atoms with E-state index in [2.05, 4.69) is 38.2 Å². The number of rotatable bonds is 55. The normalized spacial score (nSPS) is 13.4. The van der Waals surface area contributed by atoms with Gasteiger partial charge in [-0.05, 0) is 44.9 Å². The summed E-state index contributed by atoms with van der Waals surface area (Å²) in [6.07, 6.45) is 60.8. The third-order valence-corrected chi connectivity index (χ3v) is 14.2. The van der Waals surface area contributed by atoms with Crippen molar-refractivity contribution >= 4 is 19.8 Å². The lowest BCUT2D eigenvalue weighted by Gasteiger charge is -2.28. The van der Waals surface area contributed by atoms with Crippen LogP contribution in [0, 0.1) is 0 Å². The molecule has 0 aliphatic rings. The second-order valence-corrected chi connectivity index (χ2v) is 22.8. The summed E-state index contributed by atoms with van der Waals surface area (Å²) in [7, 11) is 1.18. The van der Waals surface area contributed by atoms with Gasteiger partial charge in [0.25, 0.3) is 7.82 Å². The first kappa shape index (κ1) is 67.5. The first-order valence-corrected chi connectivity index (χ1v) is 31.0. The summed E-state index contributed by atoms with van der Waals surface area (Å²) in [5, 5.41) is 0. The molecule has 69 heavy (non-hydrogen) atoms. The number of phosphoric acid groups is 1. The molecule has 0 radical (unpaired) electrons. The number of hydrogen-bond donors (Lipinski definition) is 0. The molecule has 0 rings (SSSR count). The lowest BCUT2D eigenvalue weighted by Crippen LogP contribution is -2.37. The lowest BCUT2D eigenvalue weighted by molar-refractivity contribution is -0.870. The van der Waals surface area contributed by atoms with Crippen LogP contribution in [0.4, 0.5) is 0 Å². The van der Waals surface area contributed by atoms with Crippen LogP contribution in [0.15, 0.2) is 24.3 Å². The number of allylic oxidation sites excluding steroid dienone is 4. The predicted molar refractivity (Wildman–Crippen MR) is 291 cm³/mol. The van der Waals surface area contributed by atoms with E-state index in [1.165, 1.54) is 205 Å². The fraction of sp³-hybridized carbons (Fsp3) is 0.898. The summed E-state index contributed by atoms with van der Waals surface area (Å²) in [5.74, 6) is -0.822. The molecule has 0 heterocycles. The van der Waals surface area contributed by atoms with Crippen molar-refractivity contribution in [2.45, 2.75) is 296 Å². The Morgan fingerprint density at radius 3 is 1.17 bits per heavy atom. The highest BCUT2D eigenvalue weighted by atomic mass is 31.2. The molecule has 2 unspecified atom stereocenters. The maximum atomic E-state index is 12.8. The minimum absolute atomic E-state index is 0.0292. The van der Waals surface area contributed by atoms with Gasteiger partial charge >= 0.3 is 11.9 Å². The van der Waals surface area contributed by atoms with E-state index in [4.69, 9.17) is 18.5 Å². The van der Waals surface area contributed by atoms with E-state index in [1.54, 1.807) is 0 Å². The molecule has 0 aromatic carbocycles. The van der Waals surface area contributed by atoms with Gasteiger partial charge in [-0.2, -0.15) is 0 Å². The number of ether oxygens (including phenoxy) is 2. The van der Waals surface area contributed by atoms with Crippen molar-refractivity contribution in [3.8, 4) is 0 Å². The van der Waals surface area contributed by atoms with Crippen LogP contribution in [0.25, 0.3) is 0 Å². The lowest BCUT2D eigenvalue weighted by atomic mass is 10.0. The van der Waals surface area contributed by atoms with Gasteiger partial charge in [-0.3, -0.25) is 14.2 Å². The number of esters is 2. The Morgan fingerprint density at radius 1 is 0.449 bits per heavy atom. The number of unbranched alkanes of at least 4 members (excludes halogenated alkanes) is 37. The van der Waals surface area contributed by atoms with Crippen LogP contribution in [0.5, 0.6) is 0 Å². The van der Waals surface area contributed by atoms with Gasteiger partial charge in [0.15, 0.2) is 6.10 Å². The molecule has 10 heteroatoms. The van der Waals surface area contributed by atoms with E-state index in [0.29, 0.717) is 17.4 Å². The van der Waals surface area contributed by atoms with Gasteiger partial charge in [-0.25, -0.2) is 0 Å². The van der Waals surface area contributed by atoms with Crippen LogP contribution < -0.4 is 4.89 Å². The fourth-order valence-corrected chi connectivity index (χ4v) is 9.36.